The third kappa shape index (κ3) is 11.1. The summed E-state index contributed by atoms with van der Waals surface area (Å²) in [6.07, 6.45) is -4.76. The van der Waals surface area contributed by atoms with E-state index in [9.17, 15) is 35.9 Å². The molecule has 44 heavy (non-hydrogen) atoms. The van der Waals surface area contributed by atoms with Crippen molar-refractivity contribution in [2.75, 3.05) is 25.0 Å². The number of nitrogens with zero attached hydrogens (tertiary/aromatic N) is 1. The average Bonchev–Trinajstić information content (AvgIpc) is 2.94. The number of amides is 2. The van der Waals surface area contributed by atoms with Gasteiger partial charge in [0.05, 0.1) is 5.92 Å². The van der Waals surface area contributed by atoms with Crippen LogP contribution in [-0.2, 0) is 4.79 Å². The Morgan fingerprint density at radius 2 is 1.50 bits per heavy atom. The summed E-state index contributed by atoms with van der Waals surface area (Å²) < 4.78 is 89.1. The van der Waals surface area contributed by atoms with Gasteiger partial charge in [-0.2, -0.15) is 0 Å². The Kier molecular flexibility index (Phi) is 11.2. The number of hydrogen-bond donors (Lipinski definition) is 2. The second-order valence-corrected chi connectivity index (χ2v) is 10.9. The molecule has 2 amide bonds. The van der Waals surface area contributed by atoms with Crippen LogP contribution in [0.5, 0.6) is 17.2 Å². The van der Waals surface area contributed by atoms with Gasteiger partial charge in [-0.25, -0.2) is 4.79 Å². The molecule has 2 fully saturated rings. The van der Waals surface area contributed by atoms with Gasteiger partial charge in [0.2, 0.25) is 0 Å². The van der Waals surface area contributed by atoms with E-state index in [1.165, 1.54) is 30.7 Å². The summed E-state index contributed by atoms with van der Waals surface area (Å²) in [4.78, 5) is 28.5. The van der Waals surface area contributed by atoms with Crippen molar-refractivity contribution < 1.29 is 50.1 Å². The first-order chi connectivity index (χ1) is 20.8. The van der Waals surface area contributed by atoms with Gasteiger partial charge in [0.25, 0.3) is 0 Å². The van der Waals surface area contributed by atoms with Crippen LogP contribution >= 0.6 is 0 Å². The summed E-state index contributed by atoms with van der Waals surface area (Å²) >= 11 is 0. The first kappa shape index (κ1) is 33.2. The predicted octanol–water partition coefficient (Wildman–Crippen LogP) is 7.06. The fourth-order valence-electron chi connectivity index (χ4n) is 5.62. The number of nitrogens with one attached hydrogen (secondary N) is 2. The first-order valence-corrected chi connectivity index (χ1v) is 14.5. The van der Waals surface area contributed by atoms with Crippen molar-refractivity contribution in [1.82, 2.24) is 10.2 Å². The quantitative estimate of drug-likeness (QED) is 0.258. The maximum absolute atomic E-state index is 13.4. The number of carbonyl (C=O) groups excluding carboxylic acids is 2. The van der Waals surface area contributed by atoms with Gasteiger partial charge in [-0.1, -0.05) is 12.5 Å². The van der Waals surface area contributed by atoms with Crippen molar-refractivity contribution in [2.24, 2.45) is 5.92 Å². The van der Waals surface area contributed by atoms with Crippen molar-refractivity contribution in [3.63, 3.8) is 0 Å². The van der Waals surface area contributed by atoms with E-state index >= 15 is 0 Å². The molecule has 0 bridgehead atoms. The standard InChI is InChI=1S/C30H35F6N3O5/c31-29(32,33)43-23-12-10-22(11-13-23)42-27-14-9-21(19-25(27)26(40)8-5-17-39-15-2-1-3-16-39)38-28(41)37-20-6-4-7-24(18-20)44-30(34,35)36/h4,6-7,10-13,18,21,25,27H,1-3,5,8-9,14-17,19H2,(H2,37,38,41). The van der Waals surface area contributed by atoms with Crippen LogP contribution in [0.15, 0.2) is 48.5 Å². The second kappa shape index (κ2) is 14.9. The fourth-order valence-corrected chi connectivity index (χ4v) is 5.62. The van der Waals surface area contributed by atoms with Crippen LogP contribution in [0, 0.1) is 5.92 Å². The largest absolute Gasteiger partial charge is 0.573 e. The van der Waals surface area contributed by atoms with Gasteiger partial charge in [-0.15, -0.1) is 26.3 Å². The molecular weight excluding hydrogens is 596 g/mol. The molecule has 1 heterocycles. The lowest BCUT2D eigenvalue weighted by Crippen LogP contribution is -2.47. The number of Topliss-reactive ketones (excluding diaryl/α,β-unsaturated/α-hetero) is 1. The molecule has 1 aliphatic heterocycles. The number of benzene rings is 2. The normalized spacial score (nSPS) is 21.3. The minimum Gasteiger partial charge on any atom is -0.490 e. The van der Waals surface area contributed by atoms with E-state index in [1.807, 2.05) is 0 Å². The zero-order chi connectivity index (χ0) is 31.7. The van der Waals surface area contributed by atoms with E-state index < -0.39 is 48.3 Å². The van der Waals surface area contributed by atoms with Crippen LogP contribution in [-0.4, -0.2) is 61.2 Å². The number of halogens is 6. The molecule has 1 saturated heterocycles. The van der Waals surface area contributed by atoms with Gasteiger partial charge >= 0.3 is 18.8 Å². The van der Waals surface area contributed by atoms with Gasteiger partial charge in [0.1, 0.15) is 29.1 Å². The number of hydrogen-bond acceptors (Lipinski definition) is 6. The fraction of sp³-hybridized carbons (Fsp3) is 0.533. The highest BCUT2D eigenvalue weighted by atomic mass is 19.4. The number of anilines is 1. The van der Waals surface area contributed by atoms with Gasteiger partial charge < -0.3 is 29.7 Å². The molecule has 242 valence electrons. The minimum atomic E-state index is -4.88. The van der Waals surface area contributed by atoms with Crippen molar-refractivity contribution >= 4 is 17.5 Å². The molecule has 3 unspecified atom stereocenters. The van der Waals surface area contributed by atoms with Crippen LogP contribution in [0.3, 0.4) is 0 Å². The highest BCUT2D eigenvalue weighted by molar-refractivity contribution is 5.89. The maximum Gasteiger partial charge on any atom is 0.573 e. The lowest BCUT2D eigenvalue weighted by molar-refractivity contribution is -0.275. The van der Waals surface area contributed by atoms with E-state index in [4.69, 9.17) is 4.74 Å². The van der Waals surface area contributed by atoms with Gasteiger partial charge in [-0.3, -0.25) is 4.79 Å². The molecule has 2 aliphatic rings. The van der Waals surface area contributed by atoms with Crippen LogP contribution in [0.25, 0.3) is 0 Å². The Balaban J connectivity index is 1.37. The molecule has 0 spiro atoms. The smallest absolute Gasteiger partial charge is 0.490 e. The summed E-state index contributed by atoms with van der Waals surface area (Å²) in [6, 6.07) is 8.72. The zero-order valence-electron chi connectivity index (χ0n) is 23.9. The van der Waals surface area contributed by atoms with Gasteiger partial charge in [0.15, 0.2) is 0 Å². The summed E-state index contributed by atoms with van der Waals surface area (Å²) in [5, 5.41) is 5.28. The Morgan fingerprint density at radius 3 is 2.18 bits per heavy atom. The van der Waals surface area contributed by atoms with E-state index in [1.54, 1.807) is 0 Å². The molecule has 2 aromatic rings. The Bertz CT molecular complexity index is 1230. The molecule has 3 atom stereocenters. The SMILES string of the molecule is O=C(Nc1cccc(OC(F)(F)F)c1)NC1CCC(Oc2ccc(OC(F)(F)F)cc2)C(C(=O)CCCN2CCCCC2)C1. The van der Waals surface area contributed by atoms with Crippen molar-refractivity contribution in [2.45, 2.75) is 76.2 Å². The summed E-state index contributed by atoms with van der Waals surface area (Å²) in [5.41, 5.74) is 0.0876. The molecule has 1 aliphatic carbocycles. The number of piperidine rings is 1. The first-order valence-electron chi connectivity index (χ1n) is 14.5. The third-order valence-corrected chi connectivity index (χ3v) is 7.55. The van der Waals surface area contributed by atoms with Crippen LogP contribution in [0.4, 0.5) is 36.8 Å². The highest BCUT2D eigenvalue weighted by Crippen LogP contribution is 2.33. The van der Waals surface area contributed by atoms with Gasteiger partial charge in [0, 0.05) is 24.2 Å². The number of ketones is 1. The average molecular weight is 632 g/mol. The molecule has 0 aromatic heterocycles. The minimum absolute atomic E-state index is 0.0343. The molecule has 14 heteroatoms. The molecule has 2 N–H and O–H groups in total. The third-order valence-electron chi connectivity index (χ3n) is 7.55. The molecule has 2 aromatic carbocycles. The molecule has 8 nitrogen and oxygen atoms in total. The number of likely N-dealkylation sites (tertiary alicyclic amines) is 1. The molecule has 1 saturated carbocycles. The van der Waals surface area contributed by atoms with Crippen molar-refractivity contribution in [3.05, 3.63) is 48.5 Å². The lowest BCUT2D eigenvalue weighted by atomic mass is 9.79. The number of ether oxygens (including phenoxy) is 3. The van der Waals surface area contributed by atoms with E-state index in [0.717, 1.165) is 56.7 Å². The predicted molar refractivity (Wildman–Crippen MR) is 148 cm³/mol. The van der Waals surface area contributed by atoms with E-state index in [-0.39, 0.29) is 23.6 Å². The molecule has 4 rings (SSSR count). The Labute approximate surface area is 251 Å². The van der Waals surface area contributed by atoms with Crippen LogP contribution in [0.2, 0.25) is 0 Å². The van der Waals surface area contributed by atoms with E-state index in [2.05, 4.69) is 25.0 Å². The zero-order valence-corrected chi connectivity index (χ0v) is 23.9. The van der Waals surface area contributed by atoms with Gasteiger partial charge in [-0.05, 0) is 94.6 Å². The number of urea groups is 1. The lowest BCUT2D eigenvalue weighted by Gasteiger charge is -2.36. The number of rotatable bonds is 11. The summed E-state index contributed by atoms with van der Waals surface area (Å²) in [5.74, 6) is -1.23. The summed E-state index contributed by atoms with van der Waals surface area (Å²) in [6.45, 7) is 2.80. The van der Waals surface area contributed by atoms with E-state index in [0.29, 0.717) is 25.7 Å². The van der Waals surface area contributed by atoms with Crippen molar-refractivity contribution in [3.8, 4) is 17.2 Å². The monoisotopic (exact) mass is 631 g/mol. The van der Waals surface area contributed by atoms with Crippen LogP contribution in [0.1, 0.15) is 51.4 Å². The maximum atomic E-state index is 13.4. The highest BCUT2D eigenvalue weighted by Gasteiger charge is 2.37. The van der Waals surface area contributed by atoms with Crippen molar-refractivity contribution in [1.29, 1.82) is 0 Å². The Morgan fingerprint density at radius 1 is 0.841 bits per heavy atom. The second-order valence-electron chi connectivity index (χ2n) is 10.9. The number of alkyl halides is 6. The van der Waals surface area contributed by atoms with Crippen LogP contribution < -0.4 is 24.8 Å². The number of carbonyl (C=O) groups is 2. The topological polar surface area (TPSA) is 89.1 Å². The Hall–Kier alpha value is -3.68. The molecule has 0 radical (unpaired) electrons. The molecular formula is C30H35F6N3O5. The summed E-state index contributed by atoms with van der Waals surface area (Å²) in [7, 11) is 0.